The Morgan fingerprint density at radius 2 is 2.44 bits per heavy atom. The maximum Gasteiger partial charge on any atom is 0.220 e. The summed E-state index contributed by atoms with van der Waals surface area (Å²) in [6, 6.07) is 0.178. The first-order valence-corrected chi connectivity index (χ1v) is 6.33. The van der Waals surface area contributed by atoms with Crippen LogP contribution < -0.4 is 11.1 Å². The lowest BCUT2D eigenvalue weighted by Crippen LogP contribution is -2.23. The summed E-state index contributed by atoms with van der Waals surface area (Å²) in [5, 5.41) is 3.91. The molecule has 3 N–H and O–H groups in total. The number of aryl methyl sites for hydroxylation is 1. The van der Waals surface area contributed by atoms with E-state index in [1.54, 1.807) is 11.3 Å². The third-order valence-corrected chi connectivity index (χ3v) is 3.10. The van der Waals surface area contributed by atoms with Crippen LogP contribution in [0.1, 0.15) is 36.1 Å². The van der Waals surface area contributed by atoms with E-state index in [1.807, 2.05) is 20.0 Å². The number of nitrogens with two attached hydrogens (primary N) is 1. The van der Waals surface area contributed by atoms with Crippen molar-refractivity contribution < 1.29 is 4.79 Å². The quantitative estimate of drug-likeness (QED) is 0.794. The highest BCUT2D eigenvalue weighted by atomic mass is 32.1. The summed E-state index contributed by atoms with van der Waals surface area (Å²) in [7, 11) is 0. The molecule has 0 bridgehead atoms. The molecule has 0 saturated heterocycles. The maximum atomic E-state index is 11.4. The van der Waals surface area contributed by atoms with Crippen molar-refractivity contribution in [2.75, 3.05) is 0 Å². The Morgan fingerprint density at radius 3 is 3.00 bits per heavy atom. The Labute approximate surface area is 100 Å². The molecule has 0 spiro atoms. The number of carbonyl (C=O) groups is 1. The average molecular weight is 241 g/mol. The predicted molar refractivity (Wildman–Crippen MR) is 66.2 cm³/mol. The van der Waals surface area contributed by atoms with Gasteiger partial charge in [-0.3, -0.25) is 4.79 Å². The molecule has 0 aliphatic carbocycles. The third kappa shape index (κ3) is 5.23. The fraction of sp³-hybridized carbons (Fsp3) is 0.636. The molecule has 4 nitrogen and oxygen atoms in total. The molecule has 0 fully saturated rings. The minimum absolute atomic E-state index is 0.0895. The number of nitrogens with one attached hydrogen (secondary N) is 1. The lowest BCUT2D eigenvalue weighted by atomic mass is 10.1. The highest BCUT2D eigenvalue weighted by Gasteiger charge is 2.03. The number of hydrogen-bond acceptors (Lipinski definition) is 4. The van der Waals surface area contributed by atoms with Gasteiger partial charge >= 0.3 is 0 Å². The minimum atomic E-state index is 0.0895. The number of nitrogens with zero attached hydrogens (tertiary/aromatic N) is 1. The summed E-state index contributed by atoms with van der Waals surface area (Å²) in [6.07, 6.45) is 4.11. The summed E-state index contributed by atoms with van der Waals surface area (Å²) in [5.74, 6) is 0.0895. The fourth-order valence-corrected chi connectivity index (χ4v) is 2.08. The summed E-state index contributed by atoms with van der Waals surface area (Å²) in [6.45, 7) is 4.50. The van der Waals surface area contributed by atoms with Gasteiger partial charge in [0, 0.05) is 23.5 Å². The van der Waals surface area contributed by atoms with Crippen LogP contribution in [-0.2, 0) is 11.3 Å². The molecule has 1 amide bonds. The van der Waals surface area contributed by atoms with Gasteiger partial charge in [0.1, 0.15) is 0 Å². The number of aromatic nitrogens is 1. The van der Waals surface area contributed by atoms with E-state index in [9.17, 15) is 4.79 Å². The zero-order valence-corrected chi connectivity index (χ0v) is 10.6. The molecule has 90 valence electrons. The first kappa shape index (κ1) is 13.1. The lowest BCUT2D eigenvalue weighted by Gasteiger charge is -2.05. The Balaban J connectivity index is 2.15. The normalized spacial score (nSPS) is 12.4. The van der Waals surface area contributed by atoms with Gasteiger partial charge in [-0.1, -0.05) is 0 Å². The molecule has 5 heteroatoms. The van der Waals surface area contributed by atoms with Crippen molar-refractivity contribution in [2.24, 2.45) is 5.73 Å². The molecule has 0 aliphatic rings. The first-order valence-electron chi connectivity index (χ1n) is 5.51. The minimum Gasteiger partial charge on any atom is -0.351 e. The standard InChI is InChI=1S/C11H19N3OS/c1-8(12)4-3-5-11(15)14-7-10-6-13-9(2)16-10/h6,8H,3-5,7,12H2,1-2H3,(H,14,15). The Kier molecular flexibility index (Phi) is 5.42. The molecule has 1 aromatic rings. The monoisotopic (exact) mass is 241 g/mol. The Morgan fingerprint density at radius 1 is 1.69 bits per heavy atom. The van der Waals surface area contributed by atoms with Crippen LogP contribution in [0.4, 0.5) is 0 Å². The summed E-state index contributed by atoms with van der Waals surface area (Å²) in [5.41, 5.74) is 5.61. The van der Waals surface area contributed by atoms with Gasteiger partial charge in [0.15, 0.2) is 0 Å². The third-order valence-electron chi connectivity index (χ3n) is 2.19. The van der Waals surface area contributed by atoms with E-state index in [4.69, 9.17) is 5.73 Å². The highest BCUT2D eigenvalue weighted by molar-refractivity contribution is 7.11. The van der Waals surface area contributed by atoms with E-state index in [1.165, 1.54) is 0 Å². The topological polar surface area (TPSA) is 68.0 Å². The largest absolute Gasteiger partial charge is 0.351 e. The molecule has 0 saturated carbocycles. The van der Waals surface area contributed by atoms with Crippen molar-refractivity contribution in [1.29, 1.82) is 0 Å². The fourth-order valence-electron chi connectivity index (χ4n) is 1.35. The number of hydrogen-bond donors (Lipinski definition) is 2. The molecule has 0 radical (unpaired) electrons. The molecule has 0 aliphatic heterocycles. The second-order valence-electron chi connectivity index (χ2n) is 3.99. The van der Waals surface area contributed by atoms with Gasteiger partial charge in [0.25, 0.3) is 0 Å². The van der Waals surface area contributed by atoms with Crippen LogP contribution in [0.5, 0.6) is 0 Å². The second kappa shape index (κ2) is 6.60. The Hall–Kier alpha value is -0.940. The van der Waals surface area contributed by atoms with Crippen molar-refractivity contribution in [3.8, 4) is 0 Å². The zero-order valence-electron chi connectivity index (χ0n) is 9.82. The van der Waals surface area contributed by atoms with Gasteiger partial charge in [-0.05, 0) is 26.7 Å². The smallest absolute Gasteiger partial charge is 0.220 e. The van der Waals surface area contributed by atoms with Gasteiger partial charge in [-0.2, -0.15) is 0 Å². The zero-order chi connectivity index (χ0) is 12.0. The first-order chi connectivity index (χ1) is 7.58. The van der Waals surface area contributed by atoms with Crippen molar-refractivity contribution in [1.82, 2.24) is 10.3 Å². The average Bonchev–Trinajstić information content (AvgIpc) is 2.61. The molecular weight excluding hydrogens is 222 g/mol. The van der Waals surface area contributed by atoms with E-state index in [-0.39, 0.29) is 11.9 Å². The molecular formula is C11H19N3OS. The molecule has 1 heterocycles. The molecule has 1 atom stereocenters. The van der Waals surface area contributed by atoms with Crippen LogP contribution in [0.25, 0.3) is 0 Å². The van der Waals surface area contributed by atoms with Gasteiger partial charge < -0.3 is 11.1 Å². The predicted octanol–water partition coefficient (Wildman–Crippen LogP) is 1.59. The molecule has 1 rings (SSSR count). The van der Waals surface area contributed by atoms with E-state index >= 15 is 0 Å². The Bertz CT molecular complexity index is 336. The second-order valence-corrected chi connectivity index (χ2v) is 5.31. The number of rotatable bonds is 6. The molecule has 1 unspecified atom stereocenters. The van der Waals surface area contributed by atoms with Crippen LogP contribution in [-0.4, -0.2) is 16.9 Å². The van der Waals surface area contributed by atoms with Gasteiger partial charge in [0.2, 0.25) is 5.91 Å². The molecule has 0 aromatic carbocycles. The summed E-state index contributed by atoms with van der Waals surface area (Å²) < 4.78 is 0. The van der Waals surface area contributed by atoms with Crippen molar-refractivity contribution in [3.63, 3.8) is 0 Å². The summed E-state index contributed by atoms with van der Waals surface area (Å²) >= 11 is 1.61. The van der Waals surface area contributed by atoms with Crippen molar-refractivity contribution >= 4 is 17.2 Å². The maximum absolute atomic E-state index is 11.4. The van der Waals surface area contributed by atoms with Crippen LogP contribution in [0.3, 0.4) is 0 Å². The van der Waals surface area contributed by atoms with Crippen molar-refractivity contribution in [3.05, 3.63) is 16.1 Å². The van der Waals surface area contributed by atoms with Crippen LogP contribution in [0.15, 0.2) is 6.20 Å². The summed E-state index contributed by atoms with van der Waals surface area (Å²) in [4.78, 5) is 16.7. The molecule has 1 aromatic heterocycles. The molecule has 16 heavy (non-hydrogen) atoms. The van der Waals surface area contributed by atoms with Gasteiger partial charge in [0.05, 0.1) is 11.6 Å². The number of amides is 1. The van der Waals surface area contributed by atoms with E-state index < -0.39 is 0 Å². The van der Waals surface area contributed by atoms with Crippen LogP contribution in [0, 0.1) is 6.92 Å². The van der Waals surface area contributed by atoms with Crippen molar-refractivity contribution in [2.45, 2.75) is 45.7 Å². The SMILES string of the molecule is Cc1ncc(CNC(=O)CCCC(C)N)s1. The van der Waals surface area contributed by atoms with Gasteiger partial charge in [-0.15, -0.1) is 11.3 Å². The highest BCUT2D eigenvalue weighted by Crippen LogP contribution is 2.10. The lowest BCUT2D eigenvalue weighted by molar-refractivity contribution is -0.121. The van der Waals surface area contributed by atoms with Crippen LogP contribution >= 0.6 is 11.3 Å². The van der Waals surface area contributed by atoms with Crippen LogP contribution in [0.2, 0.25) is 0 Å². The van der Waals surface area contributed by atoms with E-state index in [0.717, 1.165) is 22.7 Å². The number of carbonyl (C=O) groups excluding carboxylic acids is 1. The number of thiazole rings is 1. The van der Waals surface area contributed by atoms with E-state index in [2.05, 4.69) is 10.3 Å². The van der Waals surface area contributed by atoms with E-state index in [0.29, 0.717) is 13.0 Å². The van der Waals surface area contributed by atoms with Gasteiger partial charge in [-0.25, -0.2) is 4.98 Å².